The van der Waals surface area contributed by atoms with Crippen LogP contribution in [0.2, 0.25) is 0 Å². The lowest BCUT2D eigenvalue weighted by atomic mass is 10.1. The van der Waals surface area contributed by atoms with Gasteiger partial charge in [0, 0.05) is 22.0 Å². The number of rotatable bonds is 4. The Labute approximate surface area is 149 Å². The van der Waals surface area contributed by atoms with E-state index in [-0.39, 0.29) is 5.91 Å². The van der Waals surface area contributed by atoms with E-state index in [9.17, 15) is 9.59 Å². The number of nitrogens with zero attached hydrogens (tertiary/aromatic N) is 1. The Morgan fingerprint density at radius 3 is 2.80 bits per heavy atom. The minimum atomic E-state index is -0.433. The number of aromatic nitrogens is 1. The lowest BCUT2D eigenvalue weighted by molar-refractivity contribution is -0.111. The van der Waals surface area contributed by atoms with Gasteiger partial charge in [-0.2, -0.15) is 0 Å². The zero-order valence-electron chi connectivity index (χ0n) is 13.8. The summed E-state index contributed by atoms with van der Waals surface area (Å²) in [4.78, 5) is 29.4. The van der Waals surface area contributed by atoms with Gasteiger partial charge >= 0.3 is 5.97 Å². The lowest BCUT2D eigenvalue weighted by Crippen LogP contribution is -2.09. The van der Waals surface area contributed by atoms with E-state index in [2.05, 4.69) is 10.3 Å². The third kappa shape index (κ3) is 3.92. The molecule has 1 aromatic carbocycles. The van der Waals surface area contributed by atoms with E-state index in [1.807, 2.05) is 24.4 Å². The highest BCUT2D eigenvalue weighted by molar-refractivity contribution is 7.10. The van der Waals surface area contributed by atoms with E-state index in [1.54, 1.807) is 41.7 Å². The summed E-state index contributed by atoms with van der Waals surface area (Å²) in [7, 11) is 1.33. The van der Waals surface area contributed by atoms with E-state index in [4.69, 9.17) is 4.74 Å². The van der Waals surface area contributed by atoms with Crippen molar-refractivity contribution in [1.82, 2.24) is 4.98 Å². The SMILES string of the molecule is COC(=O)c1ccc2nc(C)cc(NC(=O)/C=C/c3cccs3)c2c1. The smallest absolute Gasteiger partial charge is 0.337 e. The van der Waals surface area contributed by atoms with Gasteiger partial charge in [-0.3, -0.25) is 9.78 Å². The first-order valence-electron chi connectivity index (χ1n) is 7.59. The van der Waals surface area contributed by atoms with Crippen LogP contribution in [0.4, 0.5) is 5.69 Å². The first-order valence-corrected chi connectivity index (χ1v) is 8.47. The molecule has 25 heavy (non-hydrogen) atoms. The Kier molecular flexibility index (Phi) is 4.90. The van der Waals surface area contributed by atoms with Crippen molar-refractivity contribution >= 4 is 45.9 Å². The van der Waals surface area contributed by atoms with Gasteiger partial charge in [-0.15, -0.1) is 11.3 Å². The summed E-state index contributed by atoms with van der Waals surface area (Å²) >= 11 is 1.56. The maximum Gasteiger partial charge on any atom is 0.337 e. The number of pyridine rings is 1. The molecular formula is C19H16N2O3S. The van der Waals surface area contributed by atoms with E-state index >= 15 is 0 Å². The topological polar surface area (TPSA) is 68.3 Å². The van der Waals surface area contributed by atoms with Gasteiger partial charge in [0.05, 0.1) is 23.9 Å². The van der Waals surface area contributed by atoms with Gasteiger partial charge < -0.3 is 10.1 Å². The normalized spacial score (nSPS) is 11.0. The van der Waals surface area contributed by atoms with Crippen molar-refractivity contribution < 1.29 is 14.3 Å². The molecule has 0 saturated heterocycles. The molecule has 3 rings (SSSR count). The Morgan fingerprint density at radius 1 is 1.24 bits per heavy atom. The van der Waals surface area contributed by atoms with Gasteiger partial charge in [0.1, 0.15) is 0 Å². The Morgan fingerprint density at radius 2 is 2.08 bits per heavy atom. The van der Waals surface area contributed by atoms with E-state index in [0.717, 1.165) is 10.6 Å². The summed E-state index contributed by atoms with van der Waals surface area (Å²) in [6.07, 6.45) is 3.24. The monoisotopic (exact) mass is 352 g/mol. The van der Waals surface area contributed by atoms with Crippen LogP contribution < -0.4 is 5.32 Å². The number of esters is 1. The van der Waals surface area contributed by atoms with Crippen molar-refractivity contribution in [3.05, 3.63) is 64.0 Å². The molecular weight excluding hydrogens is 336 g/mol. The minimum Gasteiger partial charge on any atom is -0.465 e. The molecule has 0 aliphatic heterocycles. The highest BCUT2D eigenvalue weighted by Gasteiger charge is 2.11. The highest BCUT2D eigenvalue weighted by atomic mass is 32.1. The van der Waals surface area contributed by atoms with Crippen LogP contribution in [-0.2, 0) is 9.53 Å². The van der Waals surface area contributed by atoms with Crippen molar-refractivity contribution in [1.29, 1.82) is 0 Å². The molecule has 0 atom stereocenters. The summed E-state index contributed by atoms with van der Waals surface area (Å²) in [6, 6.07) is 10.7. The standard InChI is InChI=1S/C19H16N2O3S/c1-12-10-17(21-18(22)8-6-14-4-3-9-25-14)15-11-13(19(23)24-2)5-7-16(15)20-12/h3-11H,1-2H3,(H,20,21,22)/b8-6+. The highest BCUT2D eigenvalue weighted by Crippen LogP contribution is 2.25. The number of aryl methyl sites for hydroxylation is 1. The van der Waals surface area contributed by atoms with Gasteiger partial charge in [0.2, 0.25) is 5.91 Å². The van der Waals surface area contributed by atoms with Crippen LogP contribution in [0.5, 0.6) is 0 Å². The molecule has 2 aromatic heterocycles. The van der Waals surface area contributed by atoms with Gasteiger partial charge in [-0.05, 0) is 48.7 Å². The molecule has 0 saturated carbocycles. The minimum absolute atomic E-state index is 0.247. The van der Waals surface area contributed by atoms with Gasteiger partial charge in [-0.25, -0.2) is 4.79 Å². The Balaban J connectivity index is 1.93. The van der Waals surface area contributed by atoms with Crippen LogP contribution in [0.1, 0.15) is 20.9 Å². The molecule has 0 fully saturated rings. The predicted molar refractivity (Wildman–Crippen MR) is 99.8 cm³/mol. The average molecular weight is 352 g/mol. The number of benzene rings is 1. The fourth-order valence-corrected chi connectivity index (χ4v) is 3.04. The second-order valence-electron chi connectivity index (χ2n) is 5.37. The first kappa shape index (κ1) is 16.9. The number of hydrogen-bond donors (Lipinski definition) is 1. The van der Waals surface area contributed by atoms with E-state index in [1.165, 1.54) is 13.2 Å². The second-order valence-corrected chi connectivity index (χ2v) is 6.35. The number of methoxy groups -OCH3 is 1. The van der Waals surface area contributed by atoms with Crippen molar-refractivity contribution in [2.75, 3.05) is 12.4 Å². The molecule has 0 unspecified atom stereocenters. The third-order valence-corrected chi connectivity index (χ3v) is 4.40. The molecule has 5 nitrogen and oxygen atoms in total. The number of thiophene rings is 1. The summed E-state index contributed by atoms with van der Waals surface area (Å²) in [6.45, 7) is 1.85. The number of hydrogen-bond acceptors (Lipinski definition) is 5. The molecule has 3 aromatic rings. The molecule has 0 aliphatic carbocycles. The predicted octanol–water partition coefficient (Wildman–Crippen LogP) is 4.04. The molecule has 0 aliphatic rings. The number of nitrogens with one attached hydrogen (secondary N) is 1. The number of fused-ring (bicyclic) bond motifs is 1. The number of amides is 1. The van der Waals surface area contributed by atoms with Crippen molar-refractivity contribution in [3.8, 4) is 0 Å². The summed E-state index contributed by atoms with van der Waals surface area (Å²) in [5, 5.41) is 5.50. The fraction of sp³-hybridized carbons (Fsp3) is 0.105. The average Bonchev–Trinajstić information content (AvgIpc) is 3.12. The molecule has 0 spiro atoms. The lowest BCUT2D eigenvalue weighted by Gasteiger charge is -2.09. The van der Waals surface area contributed by atoms with Gasteiger partial charge in [-0.1, -0.05) is 6.07 Å². The number of anilines is 1. The molecule has 2 heterocycles. The van der Waals surface area contributed by atoms with Gasteiger partial charge in [0.25, 0.3) is 0 Å². The van der Waals surface area contributed by atoms with Crippen LogP contribution in [-0.4, -0.2) is 24.0 Å². The largest absolute Gasteiger partial charge is 0.465 e. The number of carbonyl (C=O) groups is 2. The van der Waals surface area contributed by atoms with Crippen LogP contribution >= 0.6 is 11.3 Å². The zero-order valence-corrected chi connectivity index (χ0v) is 14.6. The Bertz CT molecular complexity index is 962. The molecule has 0 radical (unpaired) electrons. The summed E-state index contributed by atoms with van der Waals surface area (Å²) in [5.41, 5.74) is 2.49. The molecule has 126 valence electrons. The quantitative estimate of drug-likeness (QED) is 0.568. The molecule has 0 bridgehead atoms. The molecule has 1 amide bonds. The van der Waals surface area contributed by atoms with Crippen molar-refractivity contribution in [3.63, 3.8) is 0 Å². The first-order chi connectivity index (χ1) is 12.1. The van der Waals surface area contributed by atoms with Crippen LogP contribution in [0, 0.1) is 6.92 Å². The van der Waals surface area contributed by atoms with E-state index < -0.39 is 5.97 Å². The van der Waals surface area contributed by atoms with Crippen LogP contribution in [0.25, 0.3) is 17.0 Å². The number of ether oxygens (including phenoxy) is 1. The maximum absolute atomic E-state index is 12.2. The second kappa shape index (κ2) is 7.27. The van der Waals surface area contributed by atoms with Crippen molar-refractivity contribution in [2.24, 2.45) is 0 Å². The summed E-state index contributed by atoms with van der Waals surface area (Å²) in [5.74, 6) is -0.680. The zero-order chi connectivity index (χ0) is 17.8. The Hall–Kier alpha value is -2.99. The van der Waals surface area contributed by atoms with Crippen LogP contribution in [0.3, 0.4) is 0 Å². The van der Waals surface area contributed by atoms with Gasteiger partial charge in [0.15, 0.2) is 0 Å². The number of carbonyl (C=O) groups excluding carboxylic acids is 2. The van der Waals surface area contributed by atoms with Crippen molar-refractivity contribution in [2.45, 2.75) is 6.92 Å². The molecule has 6 heteroatoms. The maximum atomic E-state index is 12.2. The molecule has 1 N–H and O–H groups in total. The van der Waals surface area contributed by atoms with E-state index in [0.29, 0.717) is 22.2 Å². The third-order valence-electron chi connectivity index (χ3n) is 3.56. The fourth-order valence-electron chi connectivity index (χ4n) is 2.42. The van der Waals surface area contributed by atoms with Crippen LogP contribution in [0.15, 0.2) is 47.9 Å². The summed E-state index contributed by atoms with van der Waals surface area (Å²) < 4.78 is 4.75.